The van der Waals surface area contributed by atoms with E-state index in [2.05, 4.69) is 51.8 Å². The van der Waals surface area contributed by atoms with Gasteiger partial charge in [-0.2, -0.15) is 0 Å². The van der Waals surface area contributed by atoms with Crippen LogP contribution in [0.2, 0.25) is 0 Å². The van der Waals surface area contributed by atoms with Crippen LogP contribution in [0.15, 0.2) is 71.9 Å². The lowest BCUT2D eigenvalue weighted by Gasteiger charge is -2.15. The van der Waals surface area contributed by atoms with Crippen LogP contribution in [0, 0.1) is 0 Å². The van der Waals surface area contributed by atoms with Crippen LogP contribution in [0.25, 0.3) is 10.8 Å². The quantitative estimate of drug-likeness (QED) is 0.202. The summed E-state index contributed by atoms with van der Waals surface area (Å²) in [5.41, 5.74) is 2.22. The van der Waals surface area contributed by atoms with Gasteiger partial charge in [-0.05, 0) is 30.4 Å². The molecule has 0 saturated heterocycles. The fourth-order valence-corrected chi connectivity index (χ4v) is 3.07. The molecule has 3 aromatic rings. The average molecular weight is 504 g/mol. The van der Waals surface area contributed by atoms with E-state index < -0.39 is 0 Å². The van der Waals surface area contributed by atoms with Gasteiger partial charge in [-0.3, -0.25) is 9.98 Å². The summed E-state index contributed by atoms with van der Waals surface area (Å²) in [6.45, 7) is 4.21. The topological polar surface area (TPSA) is 58.5 Å². The number of hydrogen-bond donors (Lipinski definition) is 2. The molecule has 0 fully saturated rings. The van der Waals surface area contributed by atoms with Gasteiger partial charge in [0.15, 0.2) is 5.96 Å². The highest BCUT2D eigenvalue weighted by Gasteiger charge is 2.05. The number of fused-ring (bicyclic) bond motifs is 1. The van der Waals surface area contributed by atoms with Gasteiger partial charge in [-0.15, -0.1) is 24.0 Å². The predicted molar refractivity (Wildman–Crippen MR) is 131 cm³/mol. The average Bonchev–Trinajstić information content (AvgIpc) is 2.76. The maximum Gasteiger partial charge on any atom is 0.191 e. The van der Waals surface area contributed by atoms with Gasteiger partial charge in [-0.1, -0.05) is 54.6 Å². The van der Waals surface area contributed by atoms with E-state index in [1.807, 2.05) is 42.6 Å². The summed E-state index contributed by atoms with van der Waals surface area (Å²) < 4.78 is 5.91. The number of benzene rings is 2. The molecule has 1 aromatic heterocycles. The van der Waals surface area contributed by atoms with Gasteiger partial charge >= 0.3 is 0 Å². The van der Waals surface area contributed by atoms with Gasteiger partial charge in [0.25, 0.3) is 0 Å². The number of aromatic nitrogens is 1. The SMILES string of the molecule is CN=C(NCCCOC(C)c1ccccc1)NCc1nccc2ccccc12.I. The minimum Gasteiger partial charge on any atom is -0.374 e. The fraction of sp³-hybridized carbons (Fsp3) is 0.304. The zero-order chi connectivity index (χ0) is 19.6. The van der Waals surface area contributed by atoms with E-state index in [-0.39, 0.29) is 30.1 Å². The number of rotatable bonds is 8. The lowest BCUT2D eigenvalue weighted by molar-refractivity contribution is 0.0646. The lowest BCUT2D eigenvalue weighted by atomic mass is 10.1. The molecule has 0 aliphatic carbocycles. The van der Waals surface area contributed by atoms with Crippen LogP contribution in [-0.2, 0) is 11.3 Å². The molecule has 29 heavy (non-hydrogen) atoms. The van der Waals surface area contributed by atoms with E-state index in [1.165, 1.54) is 10.9 Å². The van der Waals surface area contributed by atoms with Gasteiger partial charge in [0.05, 0.1) is 18.3 Å². The summed E-state index contributed by atoms with van der Waals surface area (Å²) in [5.74, 6) is 0.769. The van der Waals surface area contributed by atoms with Crippen molar-refractivity contribution in [3.8, 4) is 0 Å². The standard InChI is InChI=1S/C23H28N4O.HI/c1-18(19-9-4-3-5-10-19)28-16-8-14-26-23(24-2)27-17-22-21-12-7-6-11-20(21)13-15-25-22;/h3-7,9-13,15,18H,8,14,16-17H2,1-2H3,(H2,24,26,27);1H. The highest BCUT2D eigenvalue weighted by Crippen LogP contribution is 2.16. The van der Waals surface area contributed by atoms with Crippen molar-refractivity contribution in [1.29, 1.82) is 0 Å². The van der Waals surface area contributed by atoms with Crippen molar-refractivity contribution in [1.82, 2.24) is 15.6 Å². The molecule has 0 bridgehead atoms. The third-order valence-corrected chi connectivity index (χ3v) is 4.65. The van der Waals surface area contributed by atoms with Gasteiger partial charge in [0, 0.05) is 31.8 Å². The number of nitrogens with one attached hydrogen (secondary N) is 2. The monoisotopic (exact) mass is 504 g/mol. The van der Waals surface area contributed by atoms with E-state index in [9.17, 15) is 0 Å². The van der Waals surface area contributed by atoms with Crippen molar-refractivity contribution in [2.45, 2.75) is 26.0 Å². The molecule has 6 heteroatoms. The van der Waals surface area contributed by atoms with Crippen LogP contribution in [0.4, 0.5) is 0 Å². The fourth-order valence-electron chi connectivity index (χ4n) is 3.07. The summed E-state index contributed by atoms with van der Waals surface area (Å²) >= 11 is 0. The highest BCUT2D eigenvalue weighted by atomic mass is 127. The minimum atomic E-state index is 0. The first kappa shape index (κ1) is 23.1. The zero-order valence-corrected chi connectivity index (χ0v) is 19.3. The molecule has 0 amide bonds. The van der Waals surface area contributed by atoms with Crippen molar-refractivity contribution in [2.24, 2.45) is 4.99 Å². The second-order valence-electron chi connectivity index (χ2n) is 6.61. The minimum absolute atomic E-state index is 0. The first-order chi connectivity index (χ1) is 13.8. The summed E-state index contributed by atoms with van der Waals surface area (Å²) in [6, 6.07) is 20.6. The molecule has 5 nitrogen and oxygen atoms in total. The Balaban J connectivity index is 0.00000300. The Morgan fingerprint density at radius 2 is 1.79 bits per heavy atom. The first-order valence-corrected chi connectivity index (χ1v) is 9.71. The molecule has 154 valence electrons. The predicted octanol–water partition coefficient (Wildman–Crippen LogP) is 4.69. The first-order valence-electron chi connectivity index (χ1n) is 9.71. The van der Waals surface area contributed by atoms with E-state index in [0.29, 0.717) is 13.2 Å². The molecule has 0 aliphatic heterocycles. The van der Waals surface area contributed by atoms with Crippen molar-refractivity contribution in [2.75, 3.05) is 20.2 Å². The maximum absolute atomic E-state index is 5.91. The van der Waals surface area contributed by atoms with Crippen molar-refractivity contribution in [3.63, 3.8) is 0 Å². The second kappa shape index (κ2) is 12.4. The summed E-state index contributed by atoms with van der Waals surface area (Å²) in [5, 5.41) is 9.03. The molecule has 0 spiro atoms. The molecular formula is C23H29IN4O. The molecule has 1 heterocycles. The summed E-state index contributed by atoms with van der Waals surface area (Å²) in [6.07, 6.45) is 2.86. The molecule has 0 aliphatic rings. The Morgan fingerprint density at radius 1 is 1.03 bits per heavy atom. The Kier molecular flexibility index (Phi) is 9.87. The Labute approximate surface area is 190 Å². The molecular weight excluding hydrogens is 475 g/mol. The number of pyridine rings is 1. The van der Waals surface area contributed by atoms with Crippen LogP contribution >= 0.6 is 24.0 Å². The molecule has 2 aromatic carbocycles. The van der Waals surface area contributed by atoms with Crippen LogP contribution in [-0.4, -0.2) is 31.1 Å². The van der Waals surface area contributed by atoms with Gasteiger partial charge in [-0.25, -0.2) is 0 Å². The number of guanidine groups is 1. The molecule has 0 saturated carbocycles. The number of ether oxygens (including phenoxy) is 1. The zero-order valence-electron chi connectivity index (χ0n) is 17.0. The molecule has 0 radical (unpaired) electrons. The maximum atomic E-state index is 5.91. The molecule has 1 unspecified atom stereocenters. The smallest absolute Gasteiger partial charge is 0.191 e. The van der Waals surface area contributed by atoms with Crippen molar-refractivity contribution >= 4 is 40.7 Å². The third kappa shape index (κ3) is 6.97. The van der Waals surface area contributed by atoms with Crippen LogP contribution in [0.5, 0.6) is 0 Å². The summed E-state index contributed by atoms with van der Waals surface area (Å²) in [4.78, 5) is 8.80. The van der Waals surface area contributed by atoms with E-state index in [0.717, 1.165) is 30.0 Å². The van der Waals surface area contributed by atoms with Crippen LogP contribution in [0.3, 0.4) is 0 Å². The highest BCUT2D eigenvalue weighted by molar-refractivity contribution is 14.0. The van der Waals surface area contributed by atoms with Crippen molar-refractivity contribution in [3.05, 3.63) is 78.1 Å². The Hall–Kier alpha value is -2.19. The molecule has 3 rings (SSSR count). The van der Waals surface area contributed by atoms with Crippen LogP contribution < -0.4 is 10.6 Å². The van der Waals surface area contributed by atoms with E-state index >= 15 is 0 Å². The Bertz CT molecular complexity index is 896. The lowest BCUT2D eigenvalue weighted by Crippen LogP contribution is -2.37. The largest absolute Gasteiger partial charge is 0.374 e. The number of nitrogens with zero attached hydrogens (tertiary/aromatic N) is 2. The van der Waals surface area contributed by atoms with Crippen molar-refractivity contribution < 1.29 is 4.74 Å². The number of aliphatic imine (C=N–C) groups is 1. The molecule has 2 N–H and O–H groups in total. The van der Waals surface area contributed by atoms with Gasteiger partial charge < -0.3 is 15.4 Å². The number of halogens is 1. The van der Waals surface area contributed by atoms with E-state index in [1.54, 1.807) is 7.05 Å². The van der Waals surface area contributed by atoms with Crippen LogP contribution in [0.1, 0.15) is 30.7 Å². The number of hydrogen-bond acceptors (Lipinski definition) is 3. The van der Waals surface area contributed by atoms with Gasteiger partial charge in [0.2, 0.25) is 0 Å². The van der Waals surface area contributed by atoms with E-state index in [4.69, 9.17) is 4.74 Å². The Morgan fingerprint density at radius 3 is 2.59 bits per heavy atom. The normalized spacial score (nSPS) is 12.3. The second-order valence-corrected chi connectivity index (χ2v) is 6.61. The summed E-state index contributed by atoms with van der Waals surface area (Å²) in [7, 11) is 1.78. The van der Waals surface area contributed by atoms with Gasteiger partial charge in [0.1, 0.15) is 0 Å². The molecule has 1 atom stereocenters. The third-order valence-electron chi connectivity index (χ3n) is 4.65.